The molecule has 1 aliphatic rings. The Bertz CT molecular complexity index is 725. The molecule has 0 aromatic heterocycles. The quantitative estimate of drug-likeness (QED) is 0.794. The molecule has 1 heterocycles. The Morgan fingerprint density at radius 3 is 2.48 bits per heavy atom. The molecule has 0 saturated heterocycles. The summed E-state index contributed by atoms with van der Waals surface area (Å²) in [5.74, 6) is -0.421. The summed E-state index contributed by atoms with van der Waals surface area (Å²) >= 11 is 0. The van der Waals surface area contributed by atoms with Crippen molar-refractivity contribution < 1.29 is 18.0 Å². The Labute approximate surface area is 119 Å². The molecule has 1 amide bonds. The highest BCUT2D eigenvalue weighted by molar-refractivity contribution is 6.12. The number of hydrogen-bond acceptors (Lipinski definition) is 2. The van der Waals surface area contributed by atoms with Crippen molar-refractivity contribution in [3.05, 3.63) is 53.6 Å². The van der Waals surface area contributed by atoms with Crippen LogP contribution in [-0.2, 0) is 6.18 Å². The van der Waals surface area contributed by atoms with Gasteiger partial charge in [0.15, 0.2) is 0 Å². The van der Waals surface area contributed by atoms with E-state index >= 15 is 0 Å². The van der Waals surface area contributed by atoms with E-state index in [9.17, 15) is 18.0 Å². The van der Waals surface area contributed by atoms with Gasteiger partial charge in [-0.2, -0.15) is 13.2 Å². The molecule has 0 atom stereocenters. The summed E-state index contributed by atoms with van der Waals surface area (Å²) < 4.78 is 38.4. The zero-order chi connectivity index (χ0) is 15.2. The Hall–Kier alpha value is -2.50. The third-order valence-corrected chi connectivity index (χ3v) is 3.44. The summed E-state index contributed by atoms with van der Waals surface area (Å²) in [6, 6.07) is 10.2. The van der Waals surface area contributed by atoms with E-state index < -0.39 is 17.6 Å². The van der Waals surface area contributed by atoms with Crippen molar-refractivity contribution in [1.82, 2.24) is 0 Å². The third-order valence-electron chi connectivity index (χ3n) is 3.44. The van der Waals surface area contributed by atoms with Gasteiger partial charge in [-0.15, -0.1) is 0 Å². The van der Waals surface area contributed by atoms with Crippen LogP contribution in [-0.4, -0.2) is 13.0 Å². The van der Waals surface area contributed by atoms with Crippen molar-refractivity contribution in [3.63, 3.8) is 0 Å². The SMILES string of the molecule is CN1c2ccc(C(F)(F)F)cc2NC(=O)c2ccccc21. The smallest absolute Gasteiger partial charge is 0.342 e. The van der Waals surface area contributed by atoms with Crippen molar-refractivity contribution in [2.24, 2.45) is 0 Å². The summed E-state index contributed by atoms with van der Waals surface area (Å²) in [4.78, 5) is 13.9. The molecule has 0 saturated carbocycles. The van der Waals surface area contributed by atoms with Gasteiger partial charge in [0.05, 0.1) is 28.2 Å². The summed E-state index contributed by atoms with van der Waals surface area (Å²) in [5, 5.41) is 2.54. The molecule has 0 unspecified atom stereocenters. The Balaban J connectivity index is 2.17. The number of nitrogens with one attached hydrogen (secondary N) is 1. The van der Waals surface area contributed by atoms with Gasteiger partial charge in [0.2, 0.25) is 0 Å². The number of nitrogens with zero attached hydrogens (tertiary/aromatic N) is 1. The van der Waals surface area contributed by atoms with Crippen molar-refractivity contribution in [2.75, 3.05) is 17.3 Å². The fourth-order valence-corrected chi connectivity index (χ4v) is 2.38. The first-order valence-electron chi connectivity index (χ1n) is 6.23. The van der Waals surface area contributed by atoms with Gasteiger partial charge in [0.25, 0.3) is 5.91 Å². The largest absolute Gasteiger partial charge is 0.416 e. The fourth-order valence-electron chi connectivity index (χ4n) is 2.38. The summed E-state index contributed by atoms with van der Waals surface area (Å²) in [5.41, 5.74) is 0.939. The van der Waals surface area contributed by atoms with E-state index in [-0.39, 0.29) is 5.69 Å². The molecule has 0 radical (unpaired) electrons. The first-order chi connectivity index (χ1) is 9.88. The van der Waals surface area contributed by atoms with Crippen LogP contribution in [0, 0.1) is 0 Å². The van der Waals surface area contributed by atoms with Gasteiger partial charge in [0, 0.05) is 7.05 Å². The number of rotatable bonds is 0. The normalized spacial score (nSPS) is 14.1. The predicted molar refractivity (Wildman–Crippen MR) is 73.9 cm³/mol. The number of hydrogen-bond donors (Lipinski definition) is 1. The summed E-state index contributed by atoms with van der Waals surface area (Å²) in [6.45, 7) is 0. The maximum absolute atomic E-state index is 12.8. The first kappa shape index (κ1) is 13.5. The van der Waals surface area contributed by atoms with Crippen molar-refractivity contribution in [3.8, 4) is 0 Å². The maximum atomic E-state index is 12.8. The van der Waals surface area contributed by atoms with E-state index in [1.165, 1.54) is 6.07 Å². The van der Waals surface area contributed by atoms with Crippen LogP contribution in [0.3, 0.4) is 0 Å². The van der Waals surface area contributed by atoms with Crippen molar-refractivity contribution in [2.45, 2.75) is 6.18 Å². The van der Waals surface area contributed by atoms with Gasteiger partial charge in [-0.3, -0.25) is 4.79 Å². The highest BCUT2D eigenvalue weighted by Gasteiger charge is 2.32. The molecule has 108 valence electrons. The predicted octanol–water partition coefficient (Wildman–Crippen LogP) is 4.04. The molecule has 2 aromatic rings. The second-order valence-electron chi connectivity index (χ2n) is 4.76. The maximum Gasteiger partial charge on any atom is 0.416 e. The van der Waals surface area contributed by atoms with E-state index in [0.717, 1.165) is 12.1 Å². The van der Waals surface area contributed by atoms with Gasteiger partial charge < -0.3 is 10.2 Å². The Kier molecular flexibility index (Phi) is 2.90. The molecule has 6 heteroatoms. The van der Waals surface area contributed by atoms with Crippen LogP contribution in [0.1, 0.15) is 15.9 Å². The van der Waals surface area contributed by atoms with Crippen LogP contribution >= 0.6 is 0 Å². The minimum absolute atomic E-state index is 0.147. The lowest BCUT2D eigenvalue weighted by molar-refractivity contribution is -0.137. The highest BCUT2D eigenvalue weighted by atomic mass is 19.4. The lowest BCUT2D eigenvalue weighted by atomic mass is 10.1. The highest BCUT2D eigenvalue weighted by Crippen LogP contribution is 2.40. The number of carbonyl (C=O) groups excluding carboxylic acids is 1. The van der Waals surface area contributed by atoms with E-state index in [0.29, 0.717) is 16.9 Å². The lowest BCUT2D eigenvalue weighted by Crippen LogP contribution is -2.12. The van der Waals surface area contributed by atoms with E-state index in [4.69, 9.17) is 0 Å². The number of halogens is 3. The minimum Gasteiger partial charge on any atom is -0.342 e. The van der Waals surface area contributed by atoms with E-state index in [1.807, 2.05) is 0 Å². The molecule has 0 aliphatic carbocycles. The van der Waals surface area contributed by atoms with Crippen LogP contribution in [0.15, 0.2) is 42.5 Å². The molecule has 21 heavy (non-hydrogen) atoms. The average Bonchev–Trinajstić information content (AvgIpc) is 2.55. The van der Waals surface area contributed by atoms with E-state index in [2.05, 4.69) is 5.32 Å². The number of alkyl halides is 3. The van der Waals surface area contributed by atoms with E-state index in [1.54, 1.807) is 36.2 Å². The van der Waals surface area contributed by atoms with Crippen molar-refractivity contribution >= 4 is 23.0 Å². The van der Waals surface area contributed by atoms with Crippen molar-refractivity contribution in [1.29, 1.82) is 0 Å². The second-order valence-corrected chi connectivity index (χ2v) is 4.76. The van der Waals surface area contributed by atoms with Crippen LogP contribution < -0.4 is 10.2 Å². The fraction of sp³-hybridized carbons (Fsp3) is 0.133. The molecule has 0 spiro atoms. The molecule has 2 aromatic carbocycles. The van der Waals surface area contributed by atoms with Crippen LogP contribution in [0.2, 0.25) is 0 Å². The van der Waals surface area contributed by atoms with Gasteiger partial charge in [0.1, 0.15) is 0 Å². The number of para-hydroxylation sites is 1. The number of benzene rings is 2. The topological polar surface area (TPSA) is 32.3 Å². The summed E-state index contributed by atoms with van der Waals surface area (Å²) in [7, 11) is 1.71. The number of amides is 1. The van der Waals surface area contributed by atoms with Gasteiger partial charge in [-0.05, 0) is 30.3 Å². The molecular formula is C15H11F3N2O. The number of fused-ring (bicyclic) bond motifs is 2. The zero-order valence-electron chi connectivity index (χ0n) is 11.0. The number of anilines is 3. The average molecular weight is 292 g/mol. The number of carbonyl (C=O) groups is 1. The van der Waals surface area contributed by atoms with Crippen LogP contribution in [0.5, 0.6) is 0 Å². The third kappa shape index (κ3) is 2.22. The molecule has 3 nitrogen and oxygen atoms in total. The molecule has 1 N–H and O–H groups in total. The Morgan fingerprint density at radius 2 is 1.76 bits per heavy atom. The van der Waals surface area contributed by atoms with Crippen LogP contribution in [0.4, 0.5) is 30.2 Å². The molecule has 0 fully saturated rings. The molecule has 1 aliphatic heterocycles. The summed E-state index contributed by atoms with van der Waals surface area (Å²) in [6.07, 6.45) is -4.45. The Morgan fingerprint density at radius 1 is 1.05 bits per heavy atom. The second kappa shape index (κ2) is 4.51. The van der Waals surface area contributed by atoms with Crippen LogP contribution in [0.25, 0.3) is 0 Å². The standard InChI is InChI=1S/C15H11F3N2O/c1-20-12-5-3-2-4-10(12)14(21)19-11-8-9(15(16,17)18)6-7-13(11)20/h2-8H,1H3,(H,19,21). The first-order valence-corrected chi connectivity index (χ1v) is 6.23. The van der Waals surface area contributed by atoms with Gasteiger partial charge >= 0.3 is 6.18 Å². The molecule has 0 bridgehead atoms. The minimum atomic E-state index is -4.45. The van der Waals surface area contributed by atoms with Gasteiger partial charge in [-0.1, -0.05) is 12.1 Å². The van der Waals surface area contributed by atoms with Gasteiger partial charge in [-0.25, -0.2) is 0 Å². The molecule has 3 rings (SSSR count). The zero-order valence-corrected chi connectivity index (χ0v) is 11.0. The molecular weight excluding hydrogens is 281 g/mol. The monoisotopic (exact) mass is 292 g/mol. The lowest BCUT2D eigenvalue weighted by Gasteiger charge is -2.21.